The van der Waals surface area contributed by atoms with Crippen LogP contribution < -0.4 is 15.4 Å². The lowest BCUT2D eigenvalue weighted by atomic mass is 10.1. The molecule has 4 nitrogen and oxygen atoms in total. The van der Waals surface area contributed by atoms with Crippen LogP contribution in [0.15, 0.2) is 18.2 Å². The highest BCUT2D eigenvalue weighted by atomic mass is 19.1. The van der Waals surface area contributed by atoms with E-state index in [1.165, 1.54) is 12.1 Å². The van der Waals surface area contributed by atoms with E-state index in [1.807, 2.05) is 20.8 Å². The van der Waals surface area contributed by atoms with Crippen LogP contribution in [0.3, 0.4) is 0 Å². The van der Waals surface area contributed by atoms with Crippen molar-refractivity contribution in [1.82, 2.24) is 10.6 Å². The van der Waals surface area contributed by atoms with Gasteiger partial charge in [-0.2, -0.15) is 0 Å². The van der Waals surface area contributed by atoms with Crippen LogP contribution in [-0.4, -0.2) is 25.6 Å². The third-order valence-corrected chi connectivity index (χ3v) is 3.07. The van der Waals surface area contributed by atoms with Crippen LogP contribution in [0.2, 0.25) is 0 Å². The van der Waals surface area contributed by atoms with Gasteiger partial charge in [0.15, 0.2) is 6.61 Å². The van der Waals surface area contributed by atoms with Gasteiger partial charge in [0.1, 0.15) is 11.6 Å². The maximum absolute atomic E-state index is 13.4. The topological polar surface area (TPSA) is 50.4 Å². The first-order chi connectivity index (χ1) is 9.42. The number of carbonyl (C=O) groups excluding carboxylic acids is 1. The van der Waals surface area contributed by atoms with Crippen LogP contribution in [0.4, 0.5) is 4.39 Å². The van der Waals surface area contributed by atoms with Gasteiger partial charge in [-0.15, -0.1) is 0 Å². The minimum absolute atomic E-state index is 0.0819. The molecule has 1 amide bonds. The number of amides is 1. The number of halogens is 1. The average Bonchev–Trinajstić information content (AvgIpc) is 2.36. The quantitative estimate of drug-likeness (QED) is 0.805. The van der Waals surface area contributed by atoms with Gasteiger partial charge in [-0.05, 0) is 37.6 Å². The molecule has 0 saturated carbocycles. The first-order valence-corrected chi connectivity index (χ1v) is 6.78. The number of ether oxygens (including phenoxy) is 1. The summed E-state index contributed by atoms with van der Waals surface area (Å²) in [6.45, 7) is 6.44. The maximum Gasteiger partial charge on any atom is 0.258 e. The van der Waals surface area contributed by atoms with Gasteiger partial charge in [-0.25, -0.2) is 4.39 Å². The number of hydrogen-bond donors (Lipinski definition) is 2. The van der Waals surface area contributed by atoms with E-state index in [9.17, 15) is 9.18 Å². The Morgan fingerprint density at radius 2 is 2.00 bits per heavy atom. The van der Waals surface area contributed by atoms with Crippen molar-refractivity contribution >= 4 is 5.91 Å². The van der Waals surface area contributed by atoms with Crippen molar-refractivity contribution in [2.75, 3.05) is 13.7 Å². The average molecular weight is 282 g/mol. The lowest BCUT2D eigenvalue weighted by Crippen LogP contribution is -2.38. The summed E-state index contributed by atoms with van der Waals surface area (Å²) in [5.41, 5.74) is 0.776. The number of hydrogen-bond acceptors (Lipinski definition) is 3. The van der Waals surface area contributed by atoms with Crippen LogP contribution in [-0.2, 0) is 11.3 Å². The van der Waals surface area contributed by atoms with E-state index in [0.717, 1.165) is 5.56 Å². The summed E-state index contributed by atoms with van der Waals surface area (Å²) >= 11 is 0. The Kier molecular flexibility index (Phi) is 6.45. The summed E-state index contributed by atoms with van der Waals surface area (Å²) in [4.78, 5) is 11.7. The Bertz CT molecular complexity index is 449. The third kappa shape index (κ3) is 5.57. The predicted octanol–water partition coefficient (Wildman–Crippen LogP) is 2.08. The molecule has 1 unspecified atom stereocenters. The second-order valence-corrected chi connectivity index (χ2v) is 5.21. The van der Waals surface area contributed by atoms with E-state index in [0.29, 0.717) is 18.2 Å². The molecule has 0 fully saturated rings. The molecule has 0 bridgehead atoms. The zero-order valence-corrected chi connectivity index (χ0v) is 12.5. The van der Waals surface area contributed by atoms with Crippen LogP contribution in [0.5, 0.6) is 5.75 Å². The molecule has 1 rings (SSSR count). The van der Waals surface area contributed by atoms with Crippen LogP contribution in [0.25, 0.3) is 0 Å². The normalized spacial score (nSPS) is 12.3. The monoisotopic (exact) mass is 282 g/mol. The largest absolute Gasteiger partial charge is 0.484 e. The summed E-state index contributed by atoms with van der Waals surface area (Å²) in [5, 5.41) is 5.77. The SMILES string of the molecule is CNCc1cc(F)cc(OCC(=O)NC(C)C(C)C)c1. The van der Waals surface area contributed by atoms with Crippen molar-refractivity contribution in [3.63, 3.8) is 0 Å². The molecule has 5 heteroatoms. The van der Waals surface area contributed by atoms with Crippen molar-refractivity contribution in [2.45, 2.75) is 33.4 Å². The molecular weight excluding hydrogens is 259 g/mol. The van der Waals surface area contributed by atoms with Gasteiger partial charge in [0.25, 0.3) is 5.91 Å². The Morgan fingerprint density at radius 1 is 1.30 bits per heavy atom. The Balaban J connectivity index is 2.54. The molecule has 0 spiro atoms. The molecule has 0 aliphatic carbocycles. The van der Waals surface area contributed by atoms with E-state index in [1.54, 1.807) is 13.1 Å². The smallest absolute Gasteiger partial charge is 0.258 e. The minimum atomic E-state index is -0.372. The molecule has 2 N–H and O–H groups in total. The molecule has 0 aliphatic rings. The first-order valence-electron chi connectivity index (χ1n) is 6.78. The van der Waals surface area contributed by atoms with E-state index in [4.69, 9.17) is 4.74 Å². The van der Waals surface area contributed by atoms with Crippen molar-refractivity contribution in [3.05, 3.63) is 29.6 Å². The fourth-order valence-corrected chi connectivity index (χ4v) is 1.62. The second kappa shape index (κ2) is 7.85. The fraction of sp³-hybridized carbons (Fsp3) is 0.533. The van der Waals surface area contributed by atoms with Crippen LogP contribution in [0.1, 0.15) is 26.3 Å². The highest BCUT2D eigenvalue weighted by Gasteiger charge is 2.11. The lowest BCUT2D eigenvalue weighted by Gasteiger charge is -2.17. The molecule has 0 heterocycles. The Morgan fingerprint density at radius 3 is 2.60 bits per heavy atom. The molecular formula is C15H23FN2O2. The minimum Gasteiger partial charge on any atom is -0.484 e. The highest BCUT2D eigenvalue weighted by molar-refractivity contribution is 5.77. The van der Waals surface area contributed by atoms with Gasteiger partial charge in [0.2, 0.25) is 0 Å². The van der Waals surface area contributed by atoms with E-state index in [-0.39, 0.29) is 24.4 Å². The molecule has 1 atom stereocenters. The zero-order chi connectivity index (χ0) is 15.1. The predicted molar refractivity (Wildman–Crippen MR) is 77.1 cm³/mol. The standard InChI is InChI=1S/C15H23FN2O2/c1-10(2)11(3)18-15(19)9-20-14-6-12(8-17-4)5-13(16)7-14/h5-7,10-11,17H,8-9H2,1-4H3,(H,18,19). The van der Waals surface area contributed by atoms with E-state index < -0.39 is 0 Å². The first kappa shape index (κ1) is 16.4. The molecule has 1 aromatic carbocycles. The van der Waals surface area contributed by atoms with E-state index in [2.05, 4.69) is 10.6 Å². The van der Waals surface area contributed by atoms with Gasteiger partial charge in [0.05, 0.1) is 0 Å². The van der Waals surface area contributed by atoms with Gasteiger partial charge in [-0.1, -0.05) is 13.8 Å². The Labute approximate surface area is 119 Å². The van der Waals surface area contributed by atoms with Crippen molar-refractivity contribution < 1.29 is 13.9 Å². The summed E-state index contributed by atoms with van der Waals surface area (Å²) in [5.74, 6) is 0.146. The molecule has 0 radical (unpaired) electrons. The van der Waals surface area contributed by atoms with Gasteiger partial charge >= 0.3 is 0 Å². The molecule has 0 aromatic heterocycles. The molecule has 1 aromatic rings. The lowest BCUT2D eigenvalue weighted by molar-refractivity contribution is -0.124. The number of nitrogens with one attached hydrogen (secondary N) is 2. The molecule has 0 saturated heterocycles. The number of benzene rings is 1. The summed E-state index contributed by atoms with van der Waals surface area (Å²) in [7, 11) is 1.78. The molecule has 112 valence electrons. The second-order valence-electron chi connectivity index (χ2n) is 5.21. The summed E-state index contributed by atoms with van der Waals surface area (Å²) < 4.78 is 18.7. The van der Waals surface area contributed by atoms with Crippen LogP contribution in [0, 0.1) is 11.7 Å². The third-order valence-electron chi connectivity index (χ3n) is 3.07. The zero-order valence-electron chi connectivity index (χ0n) is 12.5. The number of carbonyl (C=O) groups is 1. The summed E-state index contributed by atoms with van der Waals surface area (Å²) in [6, 6.07) is 4.51. The van der Waals surface area contributed by atoms with Gasteiger partial charge in [-0.3, -0.25) is 4.79 Å². The number of rotatable bonds is 7. The fourth-order valence-electron chi connectivity index (χ4n) is 1.62. The highest BCUT2D eigenvalue weighted by Crippen LogP contribution is 2.16. The maximum atomic E-state index is 13.4. The van der Waals surface area contributed by atoms with Crippen molar-refractivity contribution in [1.29, 1.82) is 0 Å². The molecule has 0 aliphatic heterocycles. The van der Waals surface area contributed by atoms with Crippen molar-refractivity contribution in [2.24, 2.45) is 5.92 Å². The van der Waals surface area contributed by atoms with Crippen molar-refractivity contribution in [3.8, 4) is 5.75 Å². The van der Waals surface area contributed by atoms with Gasteiger partial charge in [0, 0.05) is 18.7 Å². The van der Waals surface area contributed by atoms with Gasteiger partial charge < -0.3 is 15.4 Å². The van der Waals surface area contributed by atoms with Crippen LogP contribution >= 0.6 is 0 Å². The Hall–Kier alpha value is -1.62. The summed E-state index contributed by atoms with van der Waals surface area (Å²) in [6.07, 6.45) is 0. The van der Waals surface area contributed by atoms with E-state index >= 15 is 0 Å². The molecule has 20 heavy (non-hydrogen) atoms.